The molecule has 0 radical (unpaired) electrons. The molecule has 2 aromatic rings. The molecule has 1 atom stereocenters. The fourth-order valence-corrected chi connectivity index (χ4v) is 1.78. The van der Waals surface area contributed by atoms with Gasteiger partial charge in [-0.05, 0) is 35.4 Å². The highest BCUT2D eigenvalue weighted by Crippen LogP contribution is 2.24. The van der Waals surface area contributed by atoms with Gasteiger partial charge in [0.05, 0.1) is 0 Å². The molecule has 0 saturated carbocycles. The van der Waals surface area contributed by atoms with Gasteiger partial charge in [-0.25, -0.2) is 8.78 Å². The van der Waals surface area contributed by atoms with Gasteiger partial charge in [0.15, 0.2) is 11.6 Å². The highest BCUT2D eigenvalue weighted by Gasteiger charge is 2.12. The maximum atomic E-state index is 13.0. The van der Waals surface area contributed by atoms with E-state index in [9.17, 15) is 13.9 Å². The summed E-state index contributed by atoms with van der Waals surface area (Å²) in [5.41, 5.74) is 0.949. The van der Waals surface area contributed by atoms with Crippen LogP contribution in [0, 0.1) is 11.6 Å². The Balaban J connectivity index is 2.33. The number of benzene rings is 2. The smallest absolute Gasteiger partial charge is 0.159 e. The van der Waals surface area contributed by atoms with Crippen LogP contribution in [0.3, 0.4) is 0 Å². The Morgan fingerprint density at radius 1 is 0.882 bits per heavy atom. The molecule has 0 fully saturated rings. The van der Waals surface area contributed by atoms with Crippen molar-refractivity contribution >= 4 is 15.9 Å². The molecule has 0 amide bonds. The quantitative estimate of drug-likeness (QED) is 0.894. The standard InChI is InChI=1S/C13H9BrF2O/c14-10-4-1-8(2-5-10)13(17)9-3-6-11(15)12(16)7-9/h1-7,13,17H/t13-/m0/s1. The highest BCUT2D eigenvalue weighted by atomic mass is 79.9. The van der Waals surface area contributed by atoms with Crippen molar-refractivity contribution in [3.63, 3.8) is 0 Å². The van der Waals surface area contributed by atoms with Crippen LogP contribution >= 0.6 is 15.9 Å². The summed E-state index contributed by atoms with van der Waals surface area (Å²) in [7, 11) is 0. The Morgan fingerprint density at radius 3 is 2.06 bits per heavy atom. The Labute approximate surface area is 106 Å². The van der Waals surface area contributed by atoms with E-state index >= 15 is 0 Å². The summed E-state index contributed by atoms with van der Waals surface area (Å²) in [6.45, 7) is 0. The van der Waals surface area contributed by atoms with Gasteiger partial charge >= 0.3 is 0 Å². The average molecular weight is 299 g/mol. The van der Waals surface area contributed by atoms with Crippen LogP contribution in [0.15, 0.2) is 46.9 Å². The van der Waals surface area contributed by atoms with Crippen LogP contribution in [0.4, 0.5) is 8.78 Å². The van der Waals surface area contributed by atoms with E-state index in [4.69, 9.17) is 0 Å². The lowest BCUT2D eigenvalue weighted by molar-refractivity contribution is 0.219. The van der Waals surface area contributed by atoms with Crippen LogP contribution in [0.25, 0.3) is 0 Å². The number of hydrogen-bond donors (Lipinski definition) is 1. The summed E-state index contributed by atoms with van der Waals surface area (Å²) in [6, 6.07) is 10.4. The molecule has 0 aliphatic heterocycles. The van der Waals surface area contributed by atoms with Crippen molar-refractivity contribution in [2.24, 2.45) is 0 Å². The van der Waals surface area contributed by atoms with E-state index in [1.54, 1.807) is 24.3 Å². The first-order chi connectivity index (χ1) is 8.08. The first kappa shape index (κ1) is 12.2. The minimum absolute atomic E-state index is 0.325. The summed E-state index contributed by atoms with van der Waals surface area (Å²) < 4.78 is 26.7. The van der Waals surface area contributed by atoms with Gasteiger partial charge in [0, 0.05) is 4.47 Å². The second kappa shape index (κ2) is 4.94. The second-order valence-corrected chi connectivity index (χ2v) is 4.54. The van der Waals surface area contributed by atoms with Gasteiger partial charge in [0.2, 0.25) is 0 Å². The van der Waals surface area contributed by atoms with Gasteiger partial charge < -0.3 is 5.11 Å². The molecule has 0 aliphatic rings. The minimum Gasteiger partial charge on any atom is -0.384 e. The van der Waals surface area contributed by atoms with Crippen LogP contribution in [0.5, 0.6) is 0 Å². The van der Waals surface area contributed by atoms with E-state index in [1.807, 2.05) is 0 Å². The Morgan fingerprint density at radius 2 is 1.47 bits per heavy atom. The zero-order chi connectivity index (χ0) is 12.4. The second-order valence-electron chi connectivity index (χ2n) is 3.63. The van der Waals surface area contributed by atoms with Crippen molar-refractivity contribution in [3.8, 4) is 0 Å². The molecule has 17 heavy (non-hydrogen) atoms. The highest BCUT2D eigenvalue weighted by molar-refractivity contribution is 9.10. The molecule has 1 N–H and O–H groups in total. The van der Waals surface area contributed by atoms with Gasteiger partial charge in [-0.1, -0.05) is 34.1 Å². The number of halogens is 3. The van der Waals surface area contributed by atoms with Crippen molar-refractivity contribution in [2.75, 3.05) is 0 Å². The van der Waals surface area contributed by atoms with Crippen molar-refractivity contribution in [1.82, 2.24) is 0 Å². The molecule has 0 unspecified atom stereocenters. The minimum atomic E-state index is -0.960. The number of rotatable bonds is 2. The number of aliphatic hydroxyl groups excluding tert-OH is 1. The van der Waals surface area contributed by atoms with Crippen LogP contribution in [0.2, 0.25) is 0 Å². The number of hydrogen-bond acceptors (Lipinski definition) is 1. The SMILES string of the molecule is O[C@@H](c1ccc(Br)cc1)c1ccc(F)c(F)c1. The van der Waals surface area contributed by atoms with Crippen molar-refractivity contribution in [2.45, 2.75) is 6.10 Å². The van der Waals surface area contributed by atoms with E-state index < -0.39 is 17.7 Å². The molecule has 88 valence electrons. The van der Waals surface area contributed by atoms with Crippen LogP contribution in [-0.4, -0.2) is 5.11 Å². The zero-order valence-electron chi connectivity index (χ0n) is 8.70. The average Bonchev–Trinajstić information content (AvgIpc) is 2.33. The third-order valence-corrected chi connectivity index (χ3v) is 2.97. The number of aliphatic hydroxyl groups is 1. The van der Waals surface area contributed by atoms with Gasteiger partial charge in [-0.3, -0.25) is 0 Å². The topological polar surface area (TPSA) is 20.2 Å². The van der Waals surface area contributed by atoms with Crippen molar-refractivity contribution in [3.05, 3.63) is 69.7 Å². The van der Waals surface area contributed by atoms with Gasteiger partial charge in [0.25, 0.3) is 0 Å². The zero-order valence-corrected chi connectivity index (χ0v) is 10.3. The Hall–Kier alpha value is -1.26. The first-order valence-corrected chi connectivity index (χ1v) is 5.75. The van der Waals surface area contributed by atoms with Gasteiger partial charge in [-0.15, -0.1) is 0 Å². The predicted octanol–water partition coefficient (Wildman–Crippen LogP) is 3.81. The fourth-order valence-electron chi connectivity index (χ4n) is 1.52. The maximum absolute atomic E-state index is 13.0. The molecular formula is C13H9BrF2O. The first-order valence-electron chi connectivity index (χ1n) is 4.96. The lowest BCUT2D eigenvalue weighted by Crippen LogP contribution is -2.00. The fraction of sp³-hybridized carbons (Fsp3) is 0.0769. The third kappa shape index (κ3) is 2.70. The molecule has 2 rings (SSSR count). The van der Waals surface area contributed by atoms with E-state index in [-0.39, 0.29) is 0 Å². The predicted molar refractivity (Wildman–Crippen MR) is 64.6 cm³/mol. The Kier molecular flexibility index (Phi) is 3.54. The molecule has 0 heterocycles. The van der Waals surface area contributed by atoms with E-state index in [2.05, 4.69) is 15.9 Å². The monoisotopic (exact) mass is 298 g/mol. The summed E-state index contributed by atoms with van der Waals surface area (Å²) in [4.78, 5) is 0. The molecular weight excluding hydrogens is 290 g/mol. The molecule has 2 aromatic carbocycles. The molecule has 0 saturated heterocycles. The summed E-state index contributed by atoms with van der Waals surface area (Å²) in [5.74, 6) is -1.88. The lowest BCUT2D eigenvalue weighted by Gasteiger charge is -2.11. The third-order valence-electron chi connectivity index (χ3n) is 2.45. The van der Waals surface area contributed by atoms with E-state index in [0.717, 1.165) is 16.6 Å². The van der Waals surface area contributed by atoms with E-state index in [0.29, 0.717) is 11.1 Å². The van der Waals surface area contributed by atoms with Gasteiger partial charge in [-0.2, -0.15) is 0 Å². The molecule has 0 spiro atoms. The summed E-state index contributed by atoms with van der Waals surface area (Å²) >= 11 is 3.28. The molecule has 1 nitrogen and oxygen atoms in total. The van der Waals surface area contributed by atoms with Crippen molar-refractivity contribution < 1.29 is 13.9 Å². The van der Waals surface area contributed by atoms with Gasteiger partial charge in [0.1, 0.15) is 6.10 Å². The molecule has 0 aromatic heterocycles. The molecule has 0 bridgehead atoms. The van der Waals surface area contributed by atoms with Crippen molar-refractivity contribution in [1.29, 1.82) is 0 Å². The van der Waals surface area contributed by atoms with Crippen LogP contribution < -0.4 is 0 Å². The normalized spacial score (nSPS) is 12.5. The molecule has 0 aliphatic carbocycles. The van der Waals surface area contributed by atoms with Crippen LogP contribution in [-0.2, 0) is 0 Å². The summed E-state index contributed by atoms with van der Waals surface area (Å²) in [5, 5.41) is 9.99. The Bertz CT molecular complexity index is 525. The lowest BCUT2D eigenvalue weighted by atomic mass is 10.0. The molecule has 4 heteroatoms. The van der Waals surface area contributed by atoms with Crippen LogP contribution in [0.1, 0.15) is 17.2 Å². The van der Waals surface area contributed by atoms with E-state index in [1.165, 1.54) is 6.07 Å². The largest absolute Gasteiger partial charge is 0.384 e. The summed E-state index contributed by atoms with van der Waals surface area (Å²) in [6.07, 6.45) is -0.960. The maximum Gasteiger partial charge on any atom is 0.159 e.